The summed E-state index contributed by atoms with van der Waals surface area (Å²) in [5.74, 6) is 0.579. The maximum atomic E-state index is 12.7. The zero-order valence-corrected chi connectivity index (χ0v) is 18.1. The molecule has 7 heteroatoms. The number of urea groups is 1. The first-order valence-corrected chi connectivity index (χ1v) is 10.4. The molecule has 156 valence electrons. The quantitative estimate of drug-likeness (QED) is 0.593. The lowest BCUT2D eigenvalue weighted by atomic mass is 10.00. The van der Waals surface area contributed by atoms with Crippen molar-refractivity contribution in [3.05, 3.63) is 59.4 Å². The van der Waals surface area contributed by atoms with Crippen molar-refractivity contribution in [2.24, 2.45) is 0 Å². The van der Waals surface area contributed by atoms with Gasteiger partial charge in [-0.15, -0.1) is 0 Å². The molecule has 0 saturated heterocycles. The standard InChI is InChI=1S/C23H25ClN4O2/c1-15(2)28-14-19(18-5-4-10-25-22(18)28)16-8-11-27(12-9-16)23(29)26-17-6-7-21(30-3)20(24)13-17/h4-8,10,13-15H,9,11-12H2,1-3H3,(H,26,29). The minimum absolute atomic E-state index is 0.141. The molecule has 0 bridgehead atoms. The van der Waals surface area contributed by atoms with E-state index in [0.717, 1.165) is 17.5 Å². The Kier molecular flexibility index (Phi) is 5.68. The summed E-state index contributed by atoms with van der Waals surface area (Å²) in [5, 5.41) is 4.53. The zero-order chi connectivity index (χ0) is 21.3. The molecule has 0 radical (unpaired) electrons. The molecule has 2 aromatic heterocycles. The molecule has 1 aliphatic rings. The fraction of sp³-hybridized carbons (Fsp3) is 0.304. The zero-order valence-electron chi connectivity index (χ0n) is 17.4. The number of methoxy groups -OCH3 is 1. The first-order valence-electron chi connectivity index (χ1n) is 10.0. The van der Waals surface area contributed by atoms with Gasteiger partial charge in [-0.05, 0) is 56.2 Å². The van der Waals surface area contributed by atoms with E-state index >= 15 is 0 Å². The van der Waals surface area contributed by atoms with E-state index in [-0.39, 0.29) is 6.03 Å². The molecule has 6 nitrogen and oxygen atoms in total. The number of hydrogen-bond acceptors (Lipinski definition) is 3. The van der Waals surface area contributed by atoms with E-state index in [4.69, 9.17) is 16.3 Å². The number of ether oxygens (including phenoxy) is 1. The van der Waals surface area contributed by atoms with Crippen LogP contribution in [0.25, 0.3) is 16.6 Å². The lowest BCUT2D eigenvalue weighted by Crippen LogP contribution is -2.37. The van der Waals surface area contributed by atoms with Crippen molar-refractivity contribution in [1.82, 2.24) is 14.5 Å². The van der Waals surface area contributed by atoms with Gasteiger partial charge < -0.3 is 19.5 Å². The molecule has 1 aliphatic heterocycles. The summed E-state index contributed by atoms with van der Waals surface area (Å²) in [5.41, 5.74) is 4.10. The Morgan fingerprint density at radius 2 is 2.13 bits per heavy atom. The fourth-order valence-corrected chi connectivity index (χ4v) is 4.03. The average Bonchev–Trinajstić information content (AvgIpc) is 3.14. The number of anilines is 1. The Morgan fingerprint density at radius 3 is 2.80 bits per heavy atom. The van der Waals surface area contributed by atoms with Crippen LogP contribution in [-0.2, 0) is 0 Å². The molecule has 4 rings (SSSR count). The summed E-state index contributed by atoms with van der Waals surface area (Å²) in [6, 6.07) is 9.49. The molecule has 30 heavy (non-hydrogen) atoms. The molecular weight excluding hydrogens is 400 g/mol. The predicted molar refractivity (Wildman–Crippen MR) is 121 cm³/mol. The third-order valence-corrected chi connectivity index (χ3v) is 5.69. The molecule has 0 spiro atoms. The summed E-state index contributed by atoms with van der Waals surface area (Å²) >= 11 is 6.15. The van der Waals surface area contributed by atoms with Crippen LogP contribution in [0.3, 0.4) is 0 Å². The monoisotopic (exact) mass is 424 g/mol. The highest BCUT2D eigenvalue weighted by atomic mass is 35.5. The van der Waals surface area contributed by atoms with E-state index in [9.17, 15) is 4.79 Å². The third kappa shape index (κ3) is 3.87. The number of pyridine rings is 1. The summed E-state index contributed by atoms with van der Waals surface area (Å²) in [4.78, 5) is 19.0. The van der Waals surface area contributed by atoms with Gasteiger partial charge in [0.15, 0.2) is 0 Å². The molecule has 0 saturated carbocycles. The number of amides is 2. The van der Waals surface area contributed by atoms with Gasteiger partial charge in [-0.2, -0.15) is 0 Å². The number of fused-ring (bicyclic) bond motifs is 1. The Balaban J connectivity index is 1.50. The van der Waals surface area contributed by atoms with Crippen LogP contribution < -0.4 is 10.1 Å². The Hall–Kier alpha value is -2.99. The summed E-state index contributed by atoms with van der Waals surface area (Å²) < 4.78 is 7.36. The number of nitrogens with one attached hydrogen (secondary N) is 1. The van der Waals surface area contributed by atoms with Crippen molar-refractivity contribution in [3.63, 3.8) is 0 Å². The number of benzene rings is 1. The summed E-state index contributed by atoms with van der Waals surface area (Å²) in [7, 11) is 1.56. The van der Waals surface area contributed by atoms with Crippen LogP contribution in [0, 0.1) is 0 Å². The molecule has 1 aromatic carbocycles. The normalized spacial score (nSPS) is 14.2. The van der Waals surface area contributed by atoms with E-state index in [1.165, 1.54) is 11.1 Å². The van der Waals surface area contributed by atoms with E-state index in [1.807, 2.05) is 12.3 Å². The van der Waals surface area contributed by atoms with Crippen molar-refractivity contribution in [2.45, 2.75) is 26.3 Å². The van der Waals surface area contributed by atoms with Crippen LogP contribution in [0.1, 0.15) is 31.9 Å². The van der Waals surface area contributed by atoms with Gasteiger partial charge in [-0.25, -0.2) is 9.78 Å². The van der Waals surface area contributed by atoms with Crippen molar-refractivity contribution in [2.75, 3.05) is 25.5 Å². The van der Waals surface area contributed by atoms with Crippen LogP contribution in [0.5, 0.6) is 5.75 Å². The largest absolute Gasteiger partial charge is 0.495 e. The Labute approximate surface area is 181 Å². The van der Waals surface area contributed by atoms with Gasteiger partial charge in [0.05, 0.1) is 12.1 Å². The predicted octanol–water partition coefficient (Wildman–Crippen LogP) is 5.60. The van der Waals surface area contributed by atoms with Gasteiger partial charge in [0.25, 0.3) is 0 Å². The first-order chi connectivity index (χ1) is 14.5. The Bertz CT molecular complexity index is 1120. The van der Waals surface area contributed by atoms with E-state index < -0.39 is 0 Å². The van der Waals surface area contributed by atoms with Crippen LogP contribution in [0.2, 0.25) is 5.02 Å². The van der Waals surface area contributed by atoms with Gasteiger partial charge in [-0.3, -0.25) is 0 Å². The molecular formula is C23H25ClN4O2. The Morgan fingerprint density at radius 1 is 1.30 bits per heavy atom. The van der Waals surface area contributed by atoms with Gasteiger partial charge in [0.2, 0.25) is 0 Å². The number of halogens is 1. The number of carbonyl (C=O) groups is 1. The molecule has 0 atom stereocenters. The molecule has 2 amide bonds. The topological polar surface area (TPSA) is 59.4 Å². The van der Waals surface area contributed by atoms with Crippen LogP contribution in [0.4, 0.5) is 10.5 Å². The van der Waals surface area contributed by atoms with Crippen LogP contribution in [-0.4, -0.2) is 40.7 Å². The number of nitrogens with zero attached hydrogens (tertiary/aromatic N) is 3. The SMILES string of the molecule is COc1ccc(NC(=O)N2CC=C(c3cn(C(C)C)c4ncccc34)CC2)cc1Cl. The van der Waals surface area contributed by atoms with Crippen molar-refractivity contribution in [1.29, 1.82) is 0 Å². The molecule has 0 unspecified atom stereocenters. The summed E-state index contributed by atoms with van der Waals surface area (Å²) in [6.45, 7) is 5.52. The fourth-order valence-electron chi connectivity index (χ4n) is 3.78. The van der Waals surface area contributed by atoms with Crippen LogP contribution in [0.15, 0.2) is 48.8 Å². The van der Waals surface area contributed by atoms with E-state index in [1.54, 1.807) is 30.2 Å². The van der Waals surface area contributed by atoms with E-state index in [2.05, 4.69) is 47.1 Å². The minimum Gasteiger partial charge on any atom is -0.495 e. The third-order valence-electron chi connectivity index (χ3n) is 5.39. The molecule has 3 heterocycles. The molecule has 1 N–H and O–H groups in total. The first kappa shape index (κ1) is 20.3. The van der Waals surface area contributed by atoms with Gasteiger partial charge >= 0.3 is 6.03 Å². The van der Waals surface area contributed by atoms with Gasteiger partial charge in [-0.1, -0.05) is 17.7 Å². The number of rotatable bonds is 4. The molecule has 3 aromatic rings. The van der Waals surface area contributed by atoms with Gasteiger partial charge in [0, 0.05) is 48.2 Å². The highest BCUT2D eigenvalue weighted by Crippen LogP contribution is 2.32. The second-order valence-electron chi connectivity index (χ2n) is 7.62. The minimum atomic E-state index is -0.141. The highest BCUT2D eigenvalue weighted by Gasteiger charge is 2.21. The number of hydrogen-bond donors (Lipinski definition) is 1. The second-order valence-corrected chi connectivity index (χ2v) is 8.03. The smallest absolute Gasteiger partial charge is 0.322 e. The number of aromatic nitrogens is 2. The summed E-state index contributed by atoms with van der Waals surface area (Å²) in [6.07, 6.45) is 6.94. The number of carbonyl (C=O) groups excluding carboxylic acids is 1. The van der Waals surface area contributed by atoms with Gasteiger partial charge in [0.1, 0.15) is 11.4 Å². The lowest BCUT2D eigenvalue weighted by molar-refractivity contribution is 0.217. The van der Waals surface area contributed by atoms with Crippen molar-refractivity contribution >= 4 is 39.9 Å². The maximum absolute atomic E-state index is 12.7. The van der Waals surface area contributed by atoms with Crippen molar-refractivity contribution < 1.29 is 9.53 Å². The maximum Gasteiger partial charge on any atom is 0.322 e. The highest BCUT2D eigenvalue weighted by molar-refractivity contribution is 6.32. The average molecular weight is 425 g/mol. The van der Waals surface area contributed by atoms with Crippen LogP contribution >= 0.6 is 11.6 Å². The molecule has 0 aliphatic carbocycles. The molecule has 0 fully saturated rings. The second kappa shape index (κ2) is 8.40. The van der Waals surface area contributed by atoms with E-state index in [0.29, 0.717) is 35.6 Å². The van der Waals surface area contributed by atoms with Crippen molar-refractivity contribution in [3.8, 4) is 5.75 Å². The lowest BCUT2D eigenvalue weighted by Gasteiger charge is -2.26.